The van der Waals surface area contributed by atoms with Crippen molar-refractivity contribution < 1.29 is 9.59 Å². The van der Waals surface area contributed by atoms with Crippen LogP contribution in [0.2, 0.25) is 0 Å². The summed E-state index contributed by atoms with van der Waals surface area (Å²) < 4.78 is 0. The third kappa shape index (κ3) is 3.99. The van der Waals surface area contributed by atoms with Gasteiger partial charge >= 0.3 is 0 Å². The quantitative estimate of drug-likeness (QED) is 0.487. The number of carbonyl (C=O) groups excluding carboxylic acids is 2. The van der Waals surface area contributed by atoms with Crippen molar-refractivity contribution in [3.05, 3.63) is 77.9 Å². The van der Waals surface area contributed by atoms with Crippen LogP contribution in [0.1, 0.15) is 28.8 Å². The highest BCUT2D eigenvalue weighted by Gasteiger charge is 2.35. The summed E-state index contributed by atoms with van der Waals surface area (Å²) in [6.45, 7) is 2.59. The van der Waals surface area contributed by atoms with Crippen LogP contribution < -0.4 is 5.32 Å². The topological polar surface area (TPSA) is 75.2 Å². The molecule has 7 heteroatoms. The summed E-state index contributed by atoms with van der Waals surface area (Å²) in [5, 5.41) is 14.5. The molecule has 0 saturated carbocycles. The number of likely N-dealkylation sites (tertiary alicyclic amines) is 1. The number of hydrogen-bond acceptors (Lipinski definition) is 5. The van der Waals surface area contributed by atoms with E-state index >= 15 is 0 Å². The van der Waals surface area contributed by atoms with Gasteiger partial charge in [-0.1, -0.05) is 71.5 Å². The van der Waals surface area contributed by atoms with Crippen LogP contribution in [-0.2, 0) is 4.79 Å². The summed E-state index contributed by atoms with van der Waals surface area (Å²) in [5.41, 5.74) is 2.73. The highest BCUT2D eigenvalue weighted by Crippen LogP contribution is 2.28. The molecule has 1 saturated heterocycles. The second-order valence-electron chi connectivity index (χ2n) is 7.99. The monoisotopic (exact) mass is 442 g/mol. The van der Waals surface area contributed by atoms with Crippen molar-refractivity contribution in [1.82, 2.24) is 15.1 Å². The number of nitrogens with one attached hydrogen (secondary N) is 1. The van der Waals surface area contributed by atoms with Crippen LogP contribution in [0.3, 0.4) is 0 Å². The molecule has 6 nitrogen and oxygen atoms in total. The fourth-order valence-corrected chi connectivity index (χ4v) is 4.80. The zero-order valence-corrected chi connectivity index (χ0v) is 18.4. The standard InChI is InChI=1S/C25H22N4O2S/c1-16-8-10-18(11-9-16)23-27-28-25(32-23)26-22(30)21-7-4-14-29(21)24(31)20-13-12-17-5-2-3-6-19(17)15-20/h2-3,5-6,8-13,15,21H,4,7,14H2,1H3,(H,26,28,30). The first-order chi connectivity index (χ1) is 15.6. The second-order valence-corrected chi connectivity index (χ2v) is 8.96. The minimum atomic E-state index is -0.513. The zero-order valence-electron chi connectivity index (χ0n) is 17.6. The number of rotatable bonds is 4. The Morgan fingerprint density at radius 3 is 2.59 bits per heavy atom. The number of amides is 2. The second kappa shape index (κ2) is 8.51. The minimum absolute atomic E-state index is 0.119. The summed E-state index contributed by atoms with van der Waals surface area (Å²) in [4.78, 5) is 27.9. The van der Waals surface area contributed by atoms with Crippen LogP contribution in [-0.4, -0.2) is 39.5 Å². The van der Waals surface area contributed by atoms with E-state index in [0.29, 0.717) is 23.7 Å². The van der Waals surface area contributed by atoms with E-state index in [0.717, 1.165) is 27.8 Å². The lowest BCUT2D eigenvalue weighted by molar-refractivity contribution is -0.119. The van der Waals surface area contributed by atoms with Gasteiger partial charge in [0, 0.05) is 17.7 Å². The van der Waals surface area contributed by atoms with Gasteiger partial charge in [0.05, 0.1) is 0 Å². The van der Waals surface area contributed by atoms with E-state index in [2.05, 4.69) is 15.5 Å². The predicted octanol–water partition coefficient (Wildman–Crippen LogP) is 4.91. The summed E-state index contributed by atoms with van der Waals surface area (Å²) in [7, 11) is 0. The van der Waals surface area contributed by atoms with E-state index in [1.54, 1.807) is 4.90 Å². The zero-order chi connectivity index (χ0) is 22.1. The van der Waals surface area contributed by atoms with Crippen LogP contribution in [0, 0.1) is 6.92 Å². The molecule has 0 aliphatic carbocycles. The van der Waals surface area contributed by atoms with Gasteiger partial charge < -0.3 is 4.90 Å². The Kier molecular flexibility index (Phi) is 5.41. The van der Waals surface area contributed by atoms with E-state index in [1.807, 2.05) is 73.7 Å². The highest BCUT2D eigenvalue weighted by molar-refractivity contribution is 7.18. The van der Waals surface area contributed by atoms with Crippen LogP contribution in [0.15, 0.2) is 66.7 Å². The number of aryl methyl sites for hydroxylation is 1. The molecule has 1 unspecified atom stereocenters. The molecule has 0 radical (unpaired) electrons. The van der Waals surface area contributed by atoms with Gasteiger partial charge in [-0.25, -0.2) is 0 Å². The van der Waals surface area contributed by atoms with Crippen LogP contribution >= 0.6 is 11.3 Å². The molecular formula is C25H22N4O2S. The molecule has 1 aliphatic rings. The van der Waals surface area contributed by atoms with Gasteiger partial charge in [0.25, 0.3) is 5.91 Å². The maximum absolute atomic E-state index is 13.2. The molecule has 1 atom stereocenters. The molecule has 0 bridgehead atoms. The SMILES string of the molecule is Cc1ccc(-c2nnc(NC(=O)C3CCCN3C(=O)c3ccc4ccccc4c3)s2)cc1. The lowest BCUT2D eigenvalue weighted by Crippen LogP contribution is -2.43. The molecule has 1 fully saturated rings. The first-order valence-corrected chi connectivity index (χ1v) is 11.4. The number of hydrogen-bond donors (Lipinski definition) is 1. The Bertz CT molecular complexity index is 1300. The number of aromatic nitrogens is 2. The van der Waals surface area contributed by atoms with Crippen LogP contribution in [0.5, 0.6) is 0 Å². The van der Waals surface area contributed by atoms with Gasteiger partial charge in [-0.15, -0.1) is 10.2 Å². The maximum Gasteiger partial charge on any atom is 0.254 e. The third-order valence-corrected chi connectivity index (χ3v) is 6.65. The third-order valence-electron chi connectivity index (χ3n) is 5.77. The molecule has 1 N–H and O–H groups in total. The van der Waals surface area contributed by atoms with Crippen molar-refractivity contribution in [2.75, 3.05) is 11.9 Å². The molecule has 2 amide bonds. The van der Waals surface area contributed by atoms with Gasteiger partial charge in [-0.2, -0.15) is 0 Å². The van der Waals surface area contributed by atoms with Gasteiger partial charge in [-0.3, -0.25) is 14.9 Å². The summed E-state index contributed by atoms with van der Waals surface area (Å²) in [6.07, 6.45) is 1.43. The number of anilines is 1. The van der Waals surface area contributed by atoms with Crippen molar-refractivity contribution >= 4 is 39.1 Å². The molecule has 32 heavy (non-hydrogen) atoms. The highest BCUT2D eigenvalue weighted by atomic mass is 32.1. The minimum Gasteiger partial charge on any atom is -0.327 e. The van der Waals surface area contributed by atoms with E-state index in [-0.39, 0.29) is 11.8 Å². The lowest BCUT2D eigenvalue weighted by atomic mass is 10.1. The van der Waals surface area contributed by atoms with Crippen molar-refractivity contribution in [2.45, 2.75) is 25.8 Å². The molecule has 2 heterocycles. The molecule has 5 rings (SSSR count). The Labute approximate surface area is 189 Å². The maximum atomic E-state index is 13.2. The number of nitrogens with zero attached hydrogens (tertiary/aromatic N) is 3. The lowest BCUT2D eigenvalue weighted by Gasteiger charge is -2.23. The van der Waals surface area contributed by atoms with Gasteiger partial charge in [0.15, 0.2) is 0 Å². The fourth-order valence-electron chi connectivity index (χ4n) is 4.05. The van der Waals surface area contributed by atoms with E-state index in [1.165, 1.54) is 16.9 Å². The van der Waals surface area contributed by atoms with Crippen molar-refractivity contribution in [3.63, 3.8) is 0 Å². The van der Waals surface area contributed by atoms with E-state index in [4.69, 9.17) is 0 Å². The van der Waals surface area contributed by atoms with Crippen molar-refractivity contribution in [1.29, 1.82) is 0 Å². The molecule has 1 aromatic heterocycles. The molecule has 0 spiro atoms. The average Bonchev–Trinajstić information content (AvgIpc) is 3.49. The Morgan fingerprint density at radius 2 is 1.78 bits per heavy atom. The van der Waals surface area contributed by atoms with E-state index < -0.39 is 6.04 Å². The predicted molar refractivity (Wildman–Crippen MR) is 127 cm³/mol. The molecule has 3 aromatic carbocycles. The Hall–Kier alpha value is -3.58. The summed E-state index contributed by atoms with van der Waals surface area (Å²) in [5.74, 6) is -0.339. The van der Waals surface area contributed by atoms with Gasteiger partial charge in [-0.05, 0) is 42.7 Å². The van der Waals surface area contributed by atoms with Crippen LogP contribution in [0.25, 0.3) is 21.3 Å². The average molecular weight is 443 g/mol. The number of carbonyl (C=O) groups is 2. The van der Waals surface area contributed by atoms with Crippen molar-refractivity contribution in [3.8, 4) is 10.6 Å². The normalized spacial score (nSPS) is 15.8. The van der Waals surface area contributed by atoms with Crippen molar-refractivity contribution in [2.24, 2.45) is 0 Å². The molecule has 1 aliphatic heterocycles. The Morgan fingerprint density at radius 1 is 1.00 bits per heavy atom. The molecular weight excluding hydrogens is 420 g/mol. The van der Waals surface area contributed by atoms with Gasteiger partial charge in [0.2, 0.25) is 11.0 Å². The fraction of sp³-hybridized carbons (Fsp3) is 0.200. The molecule has 4 aromatic rings. The first kappa shape index (κ1) is 20.3. The Balaban J connectivity index is 1.31. The summed E-state index contributed by atoms with van der Waals surface area (Å²) >= 11 is 1.33. The number of fused-ring (bicyclic) bond motifs is 1. The largest absolute Gasteiger partial charge is 0.327 e. The summed E-state index contributed by atoms with van der Waals surface area (Å²) in [6, 6.07) is 21.1. The molecule has 160 valence electrons. The first-order valence-electron chi connectivity index (χ1n) is 10.6. The van der Waals surface area contributed by atoms with E-state index in [9.17, 15) is 9.59 Å². The van der Waals surface area contributed by atoms with Gasteiger partial charge in [0.1, 0.15) is 11.0 Å². The number of benzene rings is 3. The smallest absolute Gasteiger partial charge is 0.254 e. The van der Waals surface area contributed by atoms with Crippen LogP contribution in [0.4, 0.5) is 5.13 Å².